The number of benzene rings is 1. The van der Waals surface area contributed by atoms with E-state index in [0.717, 1.165) is 0 Å². The molecule has 0 atom stereocenters. The van der Waals surface area contributed by atoms with Crippen LogP contribution in [0, 0.1) is 15.0 Å². The third kappa shape index (κ3) is 3.76. The van der Waals surface area contributed by atoms with Gasteiger partial charge in [-0.1, -0.05) is 0 Å². The highest BCUT2D eigenvalue weighted by atomic mass is 16.6. The molecule has 1 fully saturated rings. The molecule has 0 aliphatic carbocycles. The number of hydrogen-bond acceptors (Lipinski definition) is 6. The monoisotopic (exact) mass is 307 g/mol. The van der Waals surface area contributed by atoms with E-state index in [9.17, 15) is 19.8 Å². The fraction of sp³-hybridized carbons (Fsp3) is 0.462. The molecule has 0 N–H and O–H groups in total. The van der Waals surface area contributed by atoms with Crippen LogP contribution in [0.15, 0.2) is 29.6 Å². The highest BCUT2D eigenvalue weighted by Crippen LogP contribution is 2.18. The molecule has 1 aliphatic heterocycles. The Morgan fingerprint density at radius 2 is 1.86 bits per heavy atom. The largest absolute Gasteiger partial charge is 0.314 e. The van der Waals surface area contributed by atoms with Crippen molar-refractivity contribution < 1.29 is 9.72 Å². The lowest BCUT2D eigenvalue weighted by Crippen LogP contribution is -2.48. The summed E-state index contributed by atoms with van der Waals surface area (Å²) in [5, 5.41) is 14.9. The van der Waals surface area contributed by atoms with Crippen molar-refractivity contribution in [2.45, 2.75) is 0 Å². The summed E-state index contributed by atoms with van der Waals surface area (Å²) in [6.07, 6.45) is 0. The predicted octanol–water partition coefficient (Wildman–Crippen LogP) is 0.857. The standard InChI is InChI=1S/C13H17N5O4/c1-15(11-2-4-12(5-3-11)18(21)22)13(19)10-16-6-8-17(14-20)9-7-16/h2-5H,6-10H2,1H3. The second kappa shape index (κ2) is 6.94. The Bertz CT molecular complexity index is 554. The smallest absolute Gasteiger partial charge is 0.269 e. The molecule has 0 spiro atoms. The molecule has 1 aliphatic rings. The van der Waals surface area contributed by atoms with Crippen LogP contribution >= 0.6 is 0 Å². The Hall–Kier alpha value is -2.55. The number of piperazine rings is 1. The van der Waals surface area contributed by atoms with Crippen molar-refractivity contribution in [3.63, 3.8) is 0 Å². The number of amides is 1. The average Bonchev–Trinajstić information content (AvgIpc) is 2.55. The van der Waals surface area contributed by atoms with Gasteiger partial charge in [0.2, 0.25) is 5.91 Å². The molecule has 1 aromatic rings. The molecule has 0 aromatic heterocycles. The summed E-state index contributed by atoms with van der Waals surface area (Å²) in [7, 11) is 1.63. The molecule has 0 unspecified atom stereocenters. The van der Waals surface area contributed by atoms with Gasteiger partial charge >= 0.3 is 0 Å². The third-order valence-electron chi connectivity index (χ3n) is 3.64. The van der Waals surface area contributed by atoms with Crippen LogP contribution in [-0.4, -0.2) is 60.5 Å². The fourth-order valence-corrected chi connectivity index (χ4v) is 2.22. The first-order valence-electron chi connectivity index (χ1n) is 6.83. The second-order valence-corrected chi connectivity index (χ2v) is 5.04. The lowest BCUT2D eigenvalue weighted by atomic mass is 10.2. The molecule has 1 amide bonds. The highest BCUT2D eigenvalue weighted by molar-refractivity contribution is 5.94. The summed E-state index contributed by atoms with van der Waals surface area (Å²) < 4.78 is 0. The summed E-state index contributed by atoms with van der Waals surface area (Å²) >= 11 is 0. The van der Waals surface area contributed by atoms with Gasteiger partial charge in [-0.2, -0.15) is 0 Å². The van der Waals surface area contributed by atoms with Gasteiger partial charge in [-0.15, -0.1) is 4.91 Å². The zero-order chi connectivity index (χ0) is 16.1. The minimum atomic E-state index is -0.480. The number of carbonyl (C=O) groups is 1. The van der Waals surface area contributed by atoms with E-state index < -0.39 is 4.92 Å². The van der Waals surface area contributed by atoms with Crippen molar-refractivity contribution in [3.05, 3.63) is 39.3 Å². The molecule has 0 saturated carbocycles. The summed E-state index contributed by atoms with van der Waals surface area (Å²) in [6.45, 7) is 2.47. The Balaban J connectivity index is 1.91. The number of likely N-dealkylation sites (N-methyl/N-ethyl adjacent to an activating group) is 1. The van der Waals surface area contributed by atoms with E-state index in [0.29, 0.717) is 31.9 Å². The lowest BCUT2D eigenvalue weighted by Gasteiger charge is -2.31. The molecule has 1 saturated heterocycles. The van der Waals surface area contributed by atoms with Crippen molar-refractivity contribution in [1.29, 1.82) is 0 Å². The van der Waals surface area contributed by atoms with Gasteiger partial charge in [0.15, 0.2) is 0 Å². The molecule has 9 nitrogen and oxygen atoms in total. The van der Waals surface area contributed by atoms with Crippen LogP contribution in [0.5, 0.6) is 0 Å². The first-order valence-corrected chi connectivity index (χ1v) is 6.83. The number of rotatable bonds is 5. The first-order chi connectivity index (χ1) is 10.5. The summed E-state index contributed by atoms with van der Waals surface area (Å²) in [5.41, 5.74) is 0.589. The van der Waals surface area contributed by atoms with Gasteiger partial charge in [-0.3, -0.25) is 24.8 Å². The normalized spacial score (nSPS) is 15.4. The van der Waals surface area contributed by atoms with Gasteiger partial charge in [0, 0.05) is 38.0 Å². The average molecular weight is 307 g/mol. The SMILES string of the molecule is CN(C(=O)CN1CCN(N=O)CC1)c1ccc([N+](=O)[O-])cc1. The van der Waals surface area contributed by atoms with Gasteiger partial charge in [-0.05, 0) is 12.1 Å². The van der Waals surface area contributed by atoms with Gasteiger partial charge in [0.25, 0.3) is 5.69 Å². The predicted molar refractivity (Wildman–Crippen MR) is 80.3 cm³/mol. The van der Waals surface area contributed by atoms with Crippen LogP contribution in [0.1, 0.15) is 0 Å². The van der Waals surface area contributed by atoms with Gasteiger partial charge in [0.1, 0.15) is 0 Å². The maximum Gasteiger partial charge on any atom is 0.269 e. The number of nitro benzene ring substituents is 1. The Morgan fingerprint density at radius 1 is 1.27 bits per heavy atom. The van der Waals surface area contributed by atoms with Crippen molar-refractivity contribution in [3.8, 4) is 0 Å². The quantitative estimate of drug-likeness (QED) is 0.454. The van der Waals surface area contributed by atoms with Crippen molar-refractivity contribution in [2.24, 2.45) is 5.29 Å². The minimum Gasteiger partial charge on any atom is -0.314 e. The minimum absolute atomic E-state index is 0.0120. The molecular weight excluding hydrogens is 290 g/mol. The number of nitrogens with zero attached hydrogens (tertiary/aromatic N) is 5. The number of hydrogen-bond donors (Lipinski definition) is 0. The second-order valence-electron chi connectivity index (χ2n) is 5.04. The number of anilines is 1. The summed E-state index contributed by atoms with van der Waals surface area (Å²) in [4.78, 5) is 36.2. The number of nitroso groups, excluding NO2 is 1. The topological polar surface area (TPSA) is 99.4 Å². The van der Waals surface area contributed by atoms with E-state index in [1.165, 1.54) is 22.0 Å². The summed E-state index contributed by atoms with van der Waals surface area (Å²) in [6, 6.07) is 5.83. The maximum absolute atomic E-state index is 12.2. The number of carbonyl (C=O) groups excluding carboxylic acids is 1. The van der Waals surface area contributed by atoms with E-state index >= 15 is 0 Å². The molecule has 0 radical (unpaired) electrons. The molecule has 2 rings (SSSR count). The van der Waals surface area contributed by atoms with Crippen LogP contribution in [0.25, 0.3) is 0 Å². The van der Waals surface area contributed by atoms with E-state index in [1.54, 1.807) is 19.2 Å². The Kier molecular flexibility index (Phi) is 4.99. The van der Waals surface area contributed by atoms with Crippen LogP contribution in [-0.2, 0) is 4.79 Å². The molecule has 118 valence electrons. The van der Waals surface area contributed by atoms with E-state index in [-0.39, 0.29) is 18.1 Å². The maximum atomic E-state index is 12.2. The molecule has 9 heteroatoms. The van der Waals surface area contributed by atoms with E-state index in [1.807, 2.05) is 4.90 Å². The number of nitro groups is 1. The van der Waals surface area contributed by atoms with Crippen LogP contribution in [0.2, 0.25) is 0 Å². The fourth-order valence-electron chi connectivity index (χ4n) is 2.22. The van der Waals surface area contributed by atoms with E-state index in [2.05, 4.69) is 5.29 Å². The summed E-state index contributed by atoms with van der Waals surface area (Å²) in [5.74, 6) is -0.110. The van der Waals surface area contributed by atoms with Crippen LogP contribution in [0.3, 0.4) is 0 Å². The Morgan fingerprint density at radius 3 is 2.36 bits per heavy atom. The van der Waals surface area contributed by atoms with Gasteiger partial charge in [0.05, 0.1) is 29.8 Å². The molecule has 1 heterocycles. The lowest BCUT2D eigenvalue weighted by molar-refractivity contribution is -0.384. The van der Waals surface area contributed by atoms with Crippen molar-refractivity contribution in [1.82, 2.24) is 9.91 Å². The van der Waals surface area contributed by atoms with E-state index in [4.69, 9.17) is 0 Å². The Labute approximate surface area is 127 Å². The van der Waals surface area contributed by atoms with Crippen LogP contribution < -0.4 is 4.90 Å². The highest BCUT2D eigenvalue weighted by Gasteiger charge is 2.21. The molecular formula is C13H17N5O4. The van der Waals surface area contributed by atoms with Crippen LogP contribution in [0.4, 0.5) is 11.4 Å². The van der Waals surface area contributed by atoms with Gasteiger partial charge in [-0.25, -0.2) is 0 Å². The van der Waals surface area contributed by atoms with Crippen molar-refractivity contribution >= 4 is 17.3 Å². The third-order valence-corrected chi connectivity index (χ3v) is 3.64. The molecule has 22 heavy (non-hydrogen) atoms. The molecule has 0 bridgehead atoms. The number of non-ortho nitro benzene ring substituents is 1. The first kappa shape index (κ1) is 15.8. The van der Waals surface area contributed by atoms with Gasteiger partial charge < -0.3 is 4.90 Å². The zero-order valence-electron chi connectivity index (χ0n) is 12.2. The van der Waals surface area contributed by atoms with Crippen molar-refractivity contribution in [2.75, 3.05) is 44.7 Å². The zero-order valence-corrected chi connectivity index (χ0v) is 12.2. The molecule has 1 aromatic carbocycles.